The predicted molar refractivity (Wildman–Crippen MR) is 139 cm³/mol. The topological polar surface area (TPSA) is 59.9 Å². The van der Waals surface area contributed by atoms with Crippen molar-refractivity contribution in [2.45, 2.75) is 0 Å². The fraction of sp³-hybridized carbons (Fsp3) is 0. The molecule has 0 unspecified atom stereocenters. The van der Waals surface area contributed by atoms with E-state index in [0.717, 1.165) is 31.0 Å². The molecule has 0 aliphatic heterocycles. The highest BCUT2D eigenvalue weighted by atomic mass is 32.1. The normalized spacial score (nSPS) is 13.4. The zero-order valence-corrected chi connectivity index (χ0v) is 19.2. The molecule has 1 aliphatic rings. The highest BCUT2D eigenvalue weighted by Crippen LogP contribution is 2.36. The summed E-state index contributed by atoms with van der Waals surface area (Å²) in [6.07, 6.45) is 1.62. The predicted octanol–water partition coefficient (Wildman–Crippen LogP) is 7.19. The number of hydrogen-bond acceptors (Lipinski definition) is 6. The van der Waals surface area contributed by atoms with E-state index in [9.17, 15) is 9.59 Å². The second-order valence-electron chi connectivity index (χ2n) is 8.20. The van der Waals surface area contributed by atoms with Crippen molar-refractivity contribution in [2.75, 3.05) is 0 Å². The first-order valence-electron chi connectivity index (χ1n) is 10.7. The summed E-state index contributed by atoms with van der Waals surface area (Å²) < 4.78 is 0. The van der Waals surface area contributed by atoms with Crippen LogP contribution in [0.25, 0.3) is 47.9 Å². The van der Waals surface area contributed by atoms with Gasteiger partial charge in [0.1, 0.15) is 10.0 Å². The molecule has 0 saturated heterocycles. The number of fused-ring (bicyclic) bond motifs is 4. The number of carbonyl (C=O) groups excluding carboxylic acids is 2. The maximum Gasteiger partial charge on any atom is 0.197 e. The molecule has 2 aromatic heterocycles. The van der Waals surface area contributed by atoms with E-state index in [0.29, 0.717) is 16.1 Å². The fourth-order valence-corrected chi connectivity index (χ4v) is 6.42. The summed E-state index contributed by atoms with van der Waals surface area (Å²) in [7, 11) is 0. The molecule has 160 valence electrons. The first kappa shape index (κ1) is 19.5. The van der Waals surface area contributed by atoms with Crippen molar-refractivity contribution in [2.24, 2.45) is 0 Å². The lowest BCUT2D eigenvalue weighted by atomic mass is 10.0. The van der Waals surface area contributed by atoms with Gasteiger partial charge in [0.2, 0.25) is 0 Å². The van der Waals surface area contributed by atoms with Gasteiger partial charge in [0.25, 0.3) is 0 Å². The van der Waals surface area contributed by atoms with Crippen molar-refractivity contribution in [1.82, 2.24) is 9.97 Å². The van der Waals surface area contributed by atoms with E-state index in [-0.39, 0.29) is 17.1 Å². The Kier molecular flexibility index (Phi) is 4.15. The average Bonchev–Trinajstić information content (AvgIpc) is 3.50. The van der Waals surface area contributed by atoms with E-state index in [1.165, 1.54) is 33.4 Å². The average molecular weight is 475 g/mol. The van der Waals surface area contributed by atoms with Crippen molar-refractivity contribution in [1.29, 1.82) is 0 Å². The van der Waals surface area contributed by atoms with Gasteiger partial charge in [-0.15, -0.1) is 0 Å². The first-order valence-corrected chi connectivity index (χ1v) is 12.4. The monoisotopic (exact) mass is 474 g/mol. The molecule has 0 spiro atoms. The molecule has 0 atom stereocenters. The molecule has 1 aliphatic carbocycles. The second kappa shape index (κ2) is 7.25. The summed E-state index contributed by atoms with van der Waals surface area (Å²) in [5.74, 6) is -0.483. The van der Waals surface area contributed by atoms with Crippen LogP contribution >= 0.6 is 22.7 Å². The van der Waals surface area contributed by atoms with Crippen LogP contribution in [0.5, 0.6) is 0 Å². The third kappa shape index (κ3) is 2.96. The molecule has 0 fully saturated rings. The number of allylic oxidation sites excluding steroid dienone is 1. The van der Waals surface area contributed by atoms with Crippen LogP contribution < -0.4 is 0 Å². The quantitative estimate of drug-likeness (QED) is 0.197. The van der Waals surface area contributed by atoms with Crippen molar-refractivity contribution >= 4 is 71.5 Å². The van der Waals surface area contributed by atoms with Crippen molar-refractivity contribution in [3.8, 4) is 10.6 Å². The number of aromatic nitrogens is 2. The minimum atomic E-state index is -0.242. The number of ketones is 2. The van der Waals surface area contributed by atoms with Gasteiger partial charge in [-0.2, -0.15) is 0 Å². The second-order valence-corrected chi connectivity index (χ2v) is 10.2. The number of carbonyl (C=O) groups is 2. The summed E-state index contributed by atoms with van der Waals surface area (Å²) >= 11 is 2.91. The maximum absolute atomic E-state index is 13.0. The summed E-state index contributed by atoms with van der Waals surface area (Å²) in [6, 6.07) is 25.9. The zero-order valence-electron chi connectivity index (χ0n) is 17.6. The smallest absolute Gasteiger partial charge is 0.197 e. The standard InChI is InChI=1S/C28H14N2O2S2/c31-24-20-12-17-7-3-4-8-18(17)13-21(20)25(32)22(24)14-23-29-27-28(33-23)30-26(34-27)19-10-9-15-5-1-2-6-16(15)11-19/h1-14H. The van der Waals surface area contributed by atoms with Crippen LogP contribution in [-0.2, 0) is 0 Å². The van der Waals surface area contributed by atoms with Crippen LogP contribution in [0, 0.1) is 0 Å². The third-order valence-corrected chi connectivity index (χ3v) is 8.14. The third-order valence-electron chi connectivity index (χ3n) is 6.12. The van der Waals surface area contributed by atoms with Gasteiger partial charge in [0.15, 0.2) is 21.2 Å². The van der Waals surface area contributed by atoms with Crippen LogP contribution in [0.4, 0.5) is 0 Å². The summed E-state index contributed by atoms with van der Waals surface area (Å²) in [4.78, 5) is 37.1. The molecule has 0 amide bonds. The molecule has 6 heteroatoms. The fourth-order valence-electron chi connectivity index (χ4n) is 4.43. The van der Waals surface area contributed by atoms with E-state index in [2.05, 4.69) is 35.3 Å². The Balaban J connectivity index is 1.25. The summed E-state index contributed by atoms with van der Waals surface area (Å²) in [5.41, 5.74) is 2.15. The van der Waals surface area contributed by atoms with E-state index in [4.69, 9.17) is 4.98 Å². The summed E-state index contributed by atoms with van der Waals surface area (Å²) in [5, 5.41) is 5.78. The molecule has 4 aromatic carbocycles. The van der Waals surface area contributed by atoms with Crippen LogP contribution in [-0.4, -0.2) is 21.5 Å². The van der Waals surface area contributed by atoms with E-state index in [1.807, 2.05) is 48.5 Å². The Hall–Kier alpha value is -4.00. The molecular formula is C28H14N2O2S2. The highest BCUT2D eigenvalue weighted by Gasteiger charge is 2.33. The van der Waals surface area contributed by atoms with E-state index in [1.54, 1.807) is 6.08 Å². The van der Waals surface area contributed by atoms with Gasteiger partial charge in [-0.05, 0) is 45.8 Å². The van der Waals surface area contributed by atoms with Crippen LogP contribution in [0.1, 0.15) is 25.7 Å². The Morgan fingerprint density at radius 1 is 0.618 bits per heavy atom. The first-order chi connectivity index (χ1) is 16.6. The zero-order chi connectivity index (χ0) is 22.8. The van der Waals surface area contributed by atoms with Crippen LogP contribution in [0.2, 0.25) is 0 Å². The van der Waals surface area contributed by atoms with Crippen molar-refractivity contribution in [3.05, 3.63) is 101 Å². The number of thiazole rings is 2. The molecule has 7 rings (SSSR count). The van der Waals surface area contributed by atoms with E-state index < -0.39 is 0 Å². The largest absolute Gasteiger partial charge is 0.288 e. The number of benzene rings is 4. The number of nitrogens with zero attached hydrogens (tertiary/aromatic N) is 2. The van der Waals surface area contributed by atoms with E-state index >= 15 is 0 Å². The highest BCUT2D eigenvalue weighted by molar-refractivity contribution is 7.28. The van der Waals surface area contributed by atoms with Crippen LogP contribution in [0.15, 0.2) is 84.4 Å². The lowest BCUT2D eigenvalue weighted by molar-refractivity contribution is 0.0990. The molecule has 4 nitrogen and oxygen atoms in total. The maximum atomic E-state index is 13.0. The number of Topliss-reactive ketones (excluding diaryl/α,β-unsaturated/α-hetero) is 2. The van der Waals surface area contributed by atoms with Gasteiger partial charge >= 0.3 is 0 Å². The number of rotatable bonds is 2. The summed E-state index contributed by atoms with van der Waals surface area (Å²) in [6.45, 7) is 0. The molecule has 0 radical (unpaired) electrons. The van der Waals surface area contributed by atoms with Gasteiger partial charge in [-0.25, -0.2) is 9.97 Å². The van der Waals surface area contributed by atoms with Gasteiger partial charge < -0.3 is 0 Å². The Morgan fingerprint density at radius 2 is 1.21 bits per heavy atom. The molecule has 0 N–H and O–H groups in total. The molecule has 6 aromatic rings. The minimum absolute atomic E-state index is 0.168. The number of hydrogen-bond donors (Lipinski definition) is 0. The SMILES string of the molecule is O=C1C(=Cc2nc3sc(-c4ccc5ccccc5c4)nc3s2)C(=O)c2cc3ccccc3cc21. The van der Waals surface area contributed by atoms with Gasteiger partial charge in [-0.1, -0.05) is 83.3 Å². The molecule has 2 heterocycles. The van der Waals surface area contributed by atoms with Gasteiger partial charge in [-0.3, -0.25) is 9.59 Å². The molecule has 0 bridgehead atoms. The molecular weight excluding hydrogens is 460 g/mol. The lowest BCUT2D eigenvalue weighted by Crippen LogP contribution is -1.99. The molecule has 0 saturated carbocycles. The Morgan fingerprint density at radius 3 is 1.85 bits per heavy atom. The molecule has 34 heavy (non-hydrogen) atoms. The Bertz CT molecular complexity index is 1770. The van der Waals surface area contributed by atoms with Crippen LogP contribution in [0.3, 0.4) is 0 Å². The van der Waals surface area contributed by atoms with Crippen molar-refractivity contribution in [3.63, 3.8) is 0 Å². The van der Waals surface area contributed by atoms with Crippen molar-refractivity contribution < 1.29 is 9.59 Å². The van der Waals surface area contributed by atoms with Gasteiger partial charge in [0.05, 0.1) is 5.57 Å². The lowest BCUT2D eigenvalue weighted by Gasteiger charge is -2.00. The Labute approximate surface area is 201 Å². The minimum Gasteiger partial charge on any atom is -0.288 e. The van der Waals surface area contributed by atoms with Gasteiger partial charge in [0, 0.05) is 16.7 Å².